The SMILES string of the molecule is CC1C=C(Cl)C(CNCC2(C=O)CCC(=O)N2C(=O)NCC2=CC(Cl)C(Cl)C=C2)=CC1. The van der Waals surface area contributed by atoms with Crippen molar-refractivity contribution in [2.45, 2.75) is 42.5 Å². The summed E-state index contributed by atoms with van der Waals surface area (Å²) in [5.74, 6) is 0.0157. The average molecular weight is 487 g/mol. The Morgan fingerprint density at radius 2 is 2.06 bits per heavy atom. The van der Waals surface area contributed by atoms with E-state index in [2.05, 4.69) is 23.6 Å². The van der Waals surface area contributed by atoms with E-state index in [-0.39, 0.29) is 42.6 Å². The van der Waals surface area contributed by atoms with Gasteiger partial charge in [-0.25, -0.2) is 9.69 Å². The summed E-state index contributed by atoms with van der Waals surface area (Å²) < 4.78 is 0. The zero-order valence-corrected chi connectivity index (χ0v) is 19.5. The standard InChI is InChI=1S/C22H26Cl3N3O3/c1-14-2-4-16(18(24)8-14)11-26-12-22(13-29)7-6-20(30)28(22)21(31)27-10-15-3-5-17(23)19(25)9-15/h3-5,8-9,13-14,17,19,26H,2,6-7,10-12H2,1H3,(H,27,31). The first kappa shape index (κ1) is 24.1. The predicted octanol–water partition coefficient (Wildman–Crippen LogP) is 3.65. The topological polar surface area (TPSA) is 78.5 Å². The lowest BCUT2D eigenvalue weighted by molar-refractivity contribution is -0.131. The first-order valence-electron chi connectivity index (χ1n) is 10.3. The van der Waals surface area contributed by atoms with Crippen LogP contribution in [0.1, 0.15) is 26.2 Å². The van der Waals surface area contributed by atoms with Crippen LogP contribution in [0.2, 0.25) is 0 Å². The van der Waals surface area contributed by atoms with E-state index in [9.17, 15) is 14.4 Å². The maximum atomic E-state index is 12.8. The molecule has 3 amide bonds. The van der Waals surface area contributed by atoms with Crippen LogP contribution in [-0.4, -0.2) is 59.1 Å². The van der Waals surface area contributed by atoms with E-state index in [0.29, 0.717) is 23.8 Å². The van der Waals surface area contributed by atoms with Crippen LogP contribution in [0.3, 0.4) is 0 Å². The Balaban J connectivity index is 1.61. The molecule has 31 heavy (non-hydrogen) atoms. The van der Waals surface area contributed by atoms with Gasteiger partial charge in [-0.3, -0.25) is 4.79 Å². The Morgan fingerprint density at radius 1 is 1.29 bits per heavy atom. The Bertz CT molecular complexity index is 867. The van der Waals surface area contributed by atoms with Gasteiger partial charge in [-0.15, -0.1) is 23.2 Å². The van der Waals surface area contributed by atoms with E-state index in [4.69, 9.17) is 34.8 Å². The van der Waals surface area contributed by atoms with Crippen LogP contribution in [0.25, 0.3) is 0 Å². The molecule has 2 aliphatic carbocycles. The fourth-order valence-electron chi connectivity index (χ4n) is 3.90. The molecule has 0 aromatic heterocycles. The first-order valence-corrected chi connectivity index (χ1v) is 11.5. The molecule has 0 bridgehead atoms. The van der Waals surface area contributed by atoms with Crippen LogP contribution < -0.4 is 10.6 Å². The highest BCUT2D eigenvalue weighted by atomic mass is 35.5. The average Bonchev–Trinajstić information content (AvgIpc) is 3.07. The minimum absolute atomic E-state index is 0.134. The molecule has 1 heterocycles. The molecule has 3 rings (SSSR count). The van der Waals surface area contributed by atoms with E-state index in [1.54, 1.807) is 18.2 Å². The zero-order valence-electron chi connectivity index (χ0n) is 17.2. The predicted molar refractivity (Wildman–Crippen MR) is 123 cm³/mol. The van der Waals surface area contributed by atoms with Crippen LogP contribution in [-0.2, 0) is 9.59 Å². The fourth-order valence-corrected chi connectivity index (χ4v) is 4.65. The number of nitrogens with one attached hydrogen (secondary N) is 2. The van der Waals surface area contributed by atoms with Gasteiger partial charge in [-0.05, 0) is 29.9 Å². The van der Waals surface area contributed by atoms with E-state index in [0.717, 1.165) is 22.5 Å². The molecule has 1 saturated heterocycles. The van der Waals surface area contributed by atoms with Crippen molar-refractivity contribution in [3.8, 4) is 0 Å². The quantitative estimate of drug-likeness (QED) is 0.425. The van der Waals surface area contributed by atoms with Crippen LogP contribution >= 0.6 is 34.8 Å². The van der Waals surface area contributed by atoms with Gasteiger partial charge in [0.05, 0.1) is 10.8 Å². The van der Waals surface area contributed by atoms with Gasteiger partial charge in [-0.1, -0.05) is 48.9 Å². The smallest absolute Gasteiger partial charge is 0.325 e. The first-order chi connectivity index (χ1) is 14.8. The molecule has 0 saturated carbocycles. The van der Waals surface area contributed by atoms with Gasteiger partial charge in [0, 0.05) is 31.1 Å². The van der Waals surface area contributed by atoms with Gasteiger partial charge in [0.2, 0.25) is 5.91 Å². The number of allylic oxidation sites excluding steroid dienone is 4. The number of amides is 3. The van der Waals surface area contributed by atoms with E-state index in [1.165, 1.54) is 0 Å². The maximum Gasteiger partial charge on any atom is 0.325 e. The molecule has 0 aromatic rings. The molecule has 0 radical (unpaired) electrons. The Hall–Kier alpha value is -1.60. The number of nitrogens with zero attached hydrogens (tertiary/aromatic N) is 1. The monoisotopic (exact) mass is 485 g/mol. The Kier molecular flexibility index (Phi) is 8.03. The van der Waals surface area contributed by atoms with Crippen molar-refractivity contribution in [2.75, 3.05) is 19.6 Å². The third-order valence-electron chi connectivity index (χ3n) is 5.72. The second-order valence-corrected chi connectivity index (χ2v) is 9.57. The van der Waals surface area contributed by atoms with E-state index in [1.807, 2.05) is 6.08 Å². The molecule has 2 N–H and O–H groups in total. The Morgan fingerprint density at radius 3 is 2.74 bits per heavy atom. The molecule has 4 atom stereocenters. The number of aldehydes is 1. The highest BCUT2D eigenvalue weighted by Gasteiger charge is 2.48. The summed E-state index contributed by atoms with van der Waals surface area (Å²) in [7, 11) is 0. The molecular weight excluding hydrogens is 461 g/mol. The van der Waals surface area contributed by atoms with Crippen LogP contribution in [0.5, 0.6) is 0 Å². The summed E-state index contributed by atoms with van der Waals surface area (Å²) in [6, 6.07) is -0.603. The largest absolute Gasteiger partial charge is 0.334 e. The molecule has 4 unspecified atom stereocenters. The van der Waals surface area contributed by atoms with Crippen LogP contribution in [0, 0.1) is 5.92 Å². The van der Waals surface area contributed by atoms with Gasteiger partial charge < -0.3 is 15.4 Å². The molecule has 3 aliphatic rings. The summed E-state index contributed by atoms with van der Waals surface area (Å²) in [4.78, 5) is 38.4. The van der Waals surface area contributed by atoms with Gasteiger partial charge in [-0.2, -0.15) is 0 Å². The molecular formula is C22H26Cl3N3O3. The number of hydrogen-bond donors (Lipinski definition) is 2. The number of likely N-dealkylation sites (tertiary alicyclic amines) is 1. The van der Waals surface area contributed by atoms with Crippen molar-refractivity contribution in [1.82, 2.24) is 15.5 Å². The fraction of sp³-hybridized carbons (Fsp3) is 0.500. The number of imide groups is 1. The minimum Gasteiger partial charge on any atom is -0.334 e. The number of urea groups is 1. The van der Waals surface area contributed by atoms with Gasteiger partial charge in [0.1, 0.15) is 11.8 Å². The molecule has 1 fully saturated rings. The van der Waals surface area contributed by atoms with Crippen molar-refractivity contribution in [2.24, 2.45) is 5.92 Å². The van der Waals surface area contributed by atoms with Crippen molar-refractivity contribution in [3.63, 3.8) is 0 Å². The highest BCUT2D eigenvalue weighted by molar-refractivity contribution is 6.32. The minimum atomic E-state index is -1.23. The van der Waals surface area contributed by atoms with Crippen molar-refractivity contribution < 1.29 is 14.4 Å². The molecule has 0 aromatic carbocycles. The van der Waals surface area contributed by atoms with Crippen LogP contribution in [0.15, 0.2) is 46.6 Å². The van der Waals surface area contributed by atoms with Crippen molar-refractivity contribution in [1.29, 1.82) is 0 Å². The number of halogens is 3. The summed E-state index contributed by atoms with van der Waals surface area (Å²) in [5.41, 5.74) is 0.504. The summed E-state index contributed by atoms with van der Waals surface area (Å²) in [5, 5.41) is 5.93. The summed E-state index contributed by atoms with van der Waals surface area (Å²) >= 11 is 18.5. The summed E-state index contributed by atoms with van der Waals surface area (Å²) in [6.07, 6.45) is 11.4. The third kappa shape index (κ3) is 5.61. The number of alkyl halides is 2. The highest BCUT2D eigenvalue weighted by Crippen LogP contribution is 2.29. The third-order valence-corrected chi connectivity index (χ3v) is 7.04. The number of carbonyl (C=O) groups excluding carboxylic acids is 3. The number of rotatable bonds is 7. The maximum absolute atomic E-state index is 12.8. The molecule has 0 spiro atoms. The molecule has 1 aliphatic heterocycles. The lowest BCUT2D eigenvalue weighted by Gasteiger charge is -2.32. The van der Waals surface area contributed by atoms with Crippen molar-refractivity contribution in [3.05, 3.63) is 46.6 Å². The second-order valence-electron chi connectivity index (χ2n) is 8.16. The number of carbonyl (C=O) groups is 3. The van der Waals surface area contributed by atoms with E-state index >= 15 is 0 Å². The lowest BCUT2D eigenvalue weighted by Crippen LogP contribution is -2.58. The van der Waals surface area contributed by atoms with E-state index < -0.39 is 11.6 Å². The summed E-state index contributed by atoms with van der Waals surface area (Å²) in [6.45, 7) is 2.88. The van der Waals surface area contributed by atoms with Gasteiger partial charge in [0.25, 0.3) is 0 Å². The Labute approximate surface area is 197 Å². The molecule has 9 heteroatoms. The van der Waals surface area contributed by atoms with Crippen LogP contribution in [0.4, 0.5) is 4.79 Å². The zero-order chi connectivity index (χ0) is 22.6. The van der Waals surface area contributed by atoms with Crippen molar-refractivity contribution >= 4 is 53.0 Å². The van der Waals surface area contributed by atoms with Gasteiger partial charge in [0.15, 0.2) is 0 Å². The number of hydrogen-bond acceptors (Lipinski definition) is 4. The second kappa shape index (κ2) is 10.3. The molecule has 168 valence electrons. The van der Waals surface area contributed by atoms with Gasteiger partial charge >= 0.3 is 6.03 Å². The lowest BCUT2D eigenvalue weighted by atomic mass is 9.96. The normalized spacial score (nSPS) is 30.6. The molecule has 6 nitrogen and oxygen atoms in total.